The summed E-state index contributed by atoms with van der Waals surface area (Å²) in [5, 5.41) is -1.21. The molecule has 2 aliphatic rings. The van der Waals surface area contributed by atoms with Crippen LogP contribution in [0.5, 0.6) is 0 Å². The Labute approximate surface area is 290 Å². The molecule has 0 saturated carbocycles. The largest absolute Gasteiger partial charge is 2.00 e. The molecule has 3 aromatic heterocycles. The number of hydrogen-bond acceptors (Lipinski definition) is 4. The first-order valence-corrected chi connectivity index (χ1v) is 15.1. The summed E-state index contributed by atoms with van der Waals surface area (Å²) in [4.78, 5) is 43.8. The summed E-state index contributed by atoms with van der Waals surface area (Å²) in [6.45, 7) is 0. The van der Waals surface area contributed by atoms with Crippen molar-refractivity contribution in [3.63, 3.8) is 0 Å². The number of fused-ring (bicyclic) bond motifs is 8. The van der Waals surface area contributed by atoms with Crippen molar-refractivity contribution >= 4 is 92.2 Å². The molecule has 8 bridgehead atoms. The molecule has 2 aliphatic heterocycles. The Balaban J connectivity index is 0.00000386. The predicted octanol–water partition coefficient (Wildman–Crippen LogP) is 8.80. The summed E-state index contributed by atoms with van der Waals surface area (Å²) in [5.41, 5.74) is 9.95. The summed E-state index contributed by atoms with van der Waals surface area (Å²) in [6.07, 6.45) is 13.5. The van der Waals surface area contributed by atoms with Crippen LogP contribution in [-0.2, 0) is 26.1 Å². The number of nitrogens with zero attached hydrogens (tertiary/aromatic N) is 4. The van der Waals surface area contributed by atoms with E-state index in [-0.39, 0.29) is 16.5 Å². The summed E-state index contributed by atoms with van der Waals surface area (Å²) in [7, 11) is 0. The van der Waals surface area contributed by atoms with Crippen molar-refractivity contribution in [2.24, 2.45) is 0 Å². The Morgan fingerprint density at radius 1 is 0.511 bits per heavy atom. The van der Waals surface area contributed by atoms with Crippen molar-refractivity contribution in [3.8, 4) is 22.3 Å². The normalized spacial score (nSPS) is 12.1. The number of aromatic nitrogens is 4. The summed E-state index contributed by atoms with van der Waals surface area (Å²) >= 11 is 11.5. The molecular formula is C38H22Cl2N4NiO2. The maximum absolute atomic E-state index is 11.8. The molecule has 0 N–H and O–H groups in total. The molecule has 0 saturated heterocycles. The number of halogens is 2. The van der Waals surface area contributed by atoms with Crippen LogP contribution in [0.3, 0.4) is 0 Å². The number of benzene rings is 2. The quantitative estimate of drug-likeness (QED) is 0.0982. The van der Waals surface area contributed by atoms with Gasteiger partial charge in [0.25, 0.3) is 0 Å². The van der Waals surface area contributed by atoms with Gasteiger partial charge >= 0.3 is 16.5 Å². The zero-order valence-corrected chi connectivity index (χ0v) is 26.9. The molecule has 7 rings (SSSR count). The van der Waals surface area contributed by atoms with Crippen LogP contribution in [0.2, 0.25) is 0 Å². The van der Waals surface area contributed by atoms with Gasteiger partial charge < -0.3 is 9.97 Å². The van der Waals surface area contributed by atoms with E-state index in [1.165, 1.54) is 12.2 Å². The summed E-state index contributed by atoms with van der Waals surface area (Å²) < 4.78 is 0. The second-order valence-corrected chi connectivity index (χ2v) is 11.2. The third-order valence-corrected chi connectivity index (χ3v) is 7.83. The van der Waals surface area contributed by atoms with E-state index in [1.54, 1.807) is 12.2 Å². The van der Waals surface area contributed by atoms with Gasteiger partial charge in [0.05, 0.1) is 22.8 Å². The van der Waals surface area contributed by atoms with Crippen LogP contribution in [0.1, 0.15) is 33.9 Å². The standard InChI is InChI=1S/C38H23Cl2N4O2.Ni/c39-35(45)21-11-25-27-13-17-31(41-27)37(23-7-3-1-4-8-23)32-18-14-28(42-32)26(12-22-36(40)46)30-16-20-34(44-30)38(24-9-5-2-6-10-24)33-19-15-29(25)43-33;/h1-22H,(H-,41,42,43,44,45,46);/q-1;+2/p-1. The number of rotatable bonds is 6. The van der Waals surface area contributed by atoms with E-state index in [1.807, 2.05) is 109 Å². The molecule has 5 heterocycles. The van der Waals surface area contributed by atoms with Gasteiger partial charge in [-0.1, -0.05) is 84.9 Å². The van der Waals surface area contributed by atoms with E-state index in [0.717, 1.165) is 22.3 Å². The fourth-order valence-corrected chi connectivity index (χ4v) is 5.70. The van der Waals surface area contributed by atoms with Crippen molar-refractivity contribution in [2.75, 3.05) is 0 Å². The molecule has 0 fully saturated rings. The van der Waals surface area contributed by atoms with Crippen LogP contribution in [0.25, 0.3) is 80.8 Å². The minimum absolute atomic E-state index is 0. The third kappa shape index (κ3) is 6.60. The monoisotopic (exact) mass is 694 g/mol. The van der Waals surface area contributed by atoms with Gasteiger partial charge in [-0.05, 0) is 105 Å². The fourth-order valence-electron chi connectivity index (χ4n) is 5.57. The molecule has 0 aliphatic carbocycles. The zero-order valence-electron chi connectivity index (χ0n) is 24.4. The van der Waals surface area contributed by atoms with Gasteiger partial charge in [0.1, 0.15) is 0 Å². The summed E-state index contributed by atoms with van der Waals surface area (Å²) in [6, 6.07) is 27.4. The maximum atomic E-state index is 11.8. The van der Waals surface area contributed by atoms with Crippen LogP contribution >= 0.6 is 23.2 Å². The van der Waals surface area contributed by atoms with E-state index >= 15 is 0 Å². The van der Waals surface area contributed by atoms with E-state index < -0.39 is 10.5 Å². The van der Waals surface area contributed by atoms with Gasteiger partial charge in [-0.2, -0.15) is 0 Å². The molecule has 2 aromatic carbocycles. The van der Waals surface area contributed by atoms with Gasteiger partial charge in [0.15, 0.2) is 0 Å². The first kappa shape index (κ1) is 31.9. The van der Waals surface area contributed by atoms with E-state index in [4.69, 9.17) is 43.1 Å². The zero-order chi connectivity index (χ0) is 31.6. The topological polar surface area (TPSA) is 88.1 Å². The Hall–Kier alpha value is -5.07. The molecule has 0 atom stereocenters. The van der Waals surface area contributed by atoms with Crippen LogP contribution in [0, 0.1) is 0 Å². The smallest absolute Gasteiger partial charge is 0.657 e. The van der Waals surface area contributed by atoms with E-state index in [9.17, 15) is 9.59 Å². The van der Waals surface area contributed by atoms with Crippen molar-refractivity contribution in [1.29, 1.82) is 0 Å². The van der Waals surface area contributed by atoms with E-state index in [0.29, 0.717) is 56.0 Å². The van der Waals surface area contributed by atoms with Gasteiger partial charge in [0, 0.05) is 0 Å². The first-order chi connectivity index (χ1) is 22.4. The fraction of sp³-hybridized carbons (Fsp3) is 0. The molecule has 0 amide bonds. The van der Waals surface area contributed by atoms with Gasteiger partial charge in [-0.25, -0.2) is 9.97 Å². The number of allylic oxidation sites excluding steroid dienone is 2. The first-order valence-electron chi connectivity index (χ1n) is 14.4. The average molecular weight is 696 g/mol. The summed E-state index contributed by atoms with van der Waals surface area (Å²) in [5.74, 6) is 0. The predicted molar refractivity (Wildman–Crippen MR) is 187 cm³/mol. The van der Waals surface area contributed by atoms with Crippen LogP contribution < -0.4 is 9.97 Å². The maximum Gasteiger partial charge on any atom is 2.00 e. The second kappa shape index (κ2) is 13.7. The van der Waals surface area contributed by atoms with E-state index in [2.05, 4.69) is 0 Å². The Kier molecular flexibility index (Phi) is 9.32. The molecule has 0 spiro atoms. The minimum atomic E-state index is -0.606. The molecule has 6 nitrogen and oxygen atoms in total. The minimum Gasteiger partial charge on any atom is -0.657 e. The van der Waals surface area contributed by atoms with Gasteiger partial charge in [-0.3, -0.25) is 9.59 Å². The van der Waals surface area contributed by atoms with Crippen LogP contribution in [0.4, 0.5) is 0 Å². The van der Waals surface area contributed by atoms with Crippen LogP contribution in [0.15, 0.2) is 97.1 Å². The van der Waals surface area contributed by atoms with Crippen molar-refractivity contribution in [2.45, 2.75) is 0 Å². The van der Waals surface area contributed by atoms with Crippen molar-refractivity contribution in [3.05, 3.63) is 131 Å². The third-order valence-electron chi connectivity index (χ3n) is 7.58. The SMILES string of the molecule is O=C(Cl)/C=C/c1c2nc(c(-c3ccccc3)c3ccc([n-]3)c(/C=C/C(=O)Cl)c3nc(c(-c4ccccc4)c4ccc1[n-]4)C=C3)C=C2.[Ni+2]. The van der Waals surface area contributed by atoms with Gasteiger partial charge in [0.2, 0.25) is 10.5 Å². The molecule has 0 unspecified atom stereocenters. The second-order valence-electron chi connectivity index (χ2n) is 10.4. The van der Waals surface area contributed by atoms with Crippen molar-refractivity contribution < 1.29 is 26.1 Å². The Bertz CT molecular complexity index is 2150. The molecule has 5 aromatic rings. The average Bonchev–Trinajstić information content (AvgIpc) is 3.88. The van der Waals surface area contributed by atoms with Gasteiger partial charge in [-0.15, -0.1) is 22.1 Å². The van der Waals surface area contributed by atoms with Crippen LogP contribution in [-0.4, -0.2) is 20.5 Å². The Morgan fingerprint density at radius 3 is 1.26 bits per heavy atom. The molecule has 0 radical (unpaired) electrons. The number of carbonyl (C=O) groups is 2. The number of hydrogen-bond donors (Lipinski definition) is 0. The van der Waals surface area contributed by atoms with Crippen molar-refractivity contribution in [1.82, 2.24) is 19.9 Å². The molecular weight excluding hydrogens is 674 g/mol. The Morgan fingerprint density at radius 2 is 0.872 bits per heavy atom. The molecule has 230 valence electrons. The number of carbonyl (C=O) groups excluding carboxylic acids is 2. The molecule has 9 heteroatoms. The molecule has 47 heavy (non-hydrogen) atoms.